The van der Waals surface area contributed by atoms with Crippen LogP contribution < -0.4 is 5.73 Å². The fraction of sp³-hybridized carbons (Fsp3) is 0.429. The second kappa shape index (κ2) is 4.94. The van der Waals surface area contributed by atoms with Crippen molar-refractivity contribution in [1.29, 1.82) is 0 Å². The van der Waals surface area contributed by atoms with Crippen molar-refractivity contribution in [1.82, 2.24) is 9.88 Å². The van der Waals surface area contributed by atoms with Gasteiger partial charge in [-0.2, -0.15) is 0 Å². The molecule has 6 nitrogen and oxygen atoms in total. The number of pyridine rings is 1. The number of aryl methyl sites for hydroxylation is 2. The Morgan fingerprint density at radius 2 is 2.00 bits per heavy atom. The summed E-state index contributed by atoms with van der Waals surface area (Å²) in [6.45, 7) is 4.09. The zero-order valence-electron chi connectivity index (χ0n) is 11.8. The van der Waals surface area contributed by atoms with Crippen molar-refractivity contribution in [3.05, 3.63) is 22.2 Å². The third-order valence-electron chi connectivity index (χ3n) is 3.76. The van der Waals surface area contributed by atoms with Gasteiger partial charge in [0.15, 0.2) is 0 Å². The van der Waals surface area contributed by atoms with Gasteiger partial charge in [0.05, 0.1) is 17.9 Å². The first-order chi connectivity index (χ1) is 9.88. The minimum absolute atomic E-state index is 0.124. The zero-order chi connectivity index (χ0) is 15.3. The SMILES string of the molecule is Cc1cc(C)c2c(N)c(C(=O)N3CC(O)C(O)C3)sc2n1. The number of nitrogens with zero attached hydrogens (tertiary/aromatic N) is 2. The molecule has 0 radical (unpaired) electrons. The number of aliphatic hydroxyl groups is 2. The lowest BCUT2D eigenvalue weighted by Gasteiger charge is -2.14. The molecule has 7 heteroatoms. The molecule has 0 bridgehead atoms. The molecule has 1 aliphatic heterocycles. The number of aliphatic hydroxyl groups excluding tert-OH is 2. The summed E-state index contributed by atoms with van der Waals surface area (Å²) in [6.07, 6.45) is -1.79. The summed E-state index contributed by atoms with van der Waals surface area (Å²) in [7, 11) is 0. The fourth-order valence-corrected chi connectivity index (χ4v) is 3.89. The number of β-amino-alcohol motifs (C(OH)–C–C–N with tert-alkyl or cyclic N) is 2. The summed E-state index contributed by atoms with van der Waals surface area (Å²) in [6, 6.07) is 1.93. The third kappa shape index (κ3) is 2.27. The molecule has 1 aliphatic rings. The Kier molecular flexibility index (Phi) is 3.35. The summed E-state index contributed by atoms with van der Waals surface area (Å²) < 4.78 is 0. The second-order valence-electron chi connectivity index (χ2n) is 5.45. The highest BCUT2D eigenvalue weighted by atomic mass is 32.1. The van der Waals surface area contributed by atoms with Crippen molar-refractivity contribution in [2.24, 2.45) is 0 Å². The van der Waals surface area contributed by atoms with Gasteiger partial charge in [0.25, 0.3) is 5.91 Å². The molecule has 0 aliphatic carbocycles. The largest absolute Gasteiger partial charge is 0.397 e. The van der Waals surface area contributed by atoms with Crippen molar-refractivity contribution in [2.75, 3.05) is 18.8 Å². The van der Waals surface area contributed by atoms with Gasteiger partial charge in [-0.25, -0.2) is 4.98 Å². The van der Waals surface area contributed by atoms with E-state index in [4.69, 9.17) is 5.73 Å². The average molecular weight is 307 g/mol. The number of likely N-dealkylation sites (tertiary alicyclic amines) is 1. The highest BCUT2D eigenvalue weighted by Gasteiger charge is 2.34. The number of fused-ring (bicyclic) bond motifs is 1. The lowest BCUT2D eigenvalue weighted by molar-refractivity contribution is 0.0572. The Morgan fingerprint density at radius 3 is 2.62 bits per heavy atom. The average Bonchev–Trinajstić information content (AvgIpc) is 2.90. The molecule has 2 aromatic rings. The van der Waals surface area contributed by atoms with Gasteiger partial charge < -0.3 is 20.8 Å². The first-order valence-electron chi connectivity index (χ1n) is 6.70. The molecular formula is C14H17N3O3S. The van der Waals surface area contributed by atoms with E-state index in [1.165, 1.54) is 16.2 Å². The van der Waals surface area contributed by atoms with E-state index in [1.54, 1.807) is 0 Å². The first-order valence-corrected chi connectivity index (χ1v) is 7.51. The predicted molar refractivity (Wildman–Crippen MR) is 81.4 cm³/mol. The Bertz CT molecular complexity index is 718. The monoisotopic (exact) mass is 307 g/mol. The van der Waals surface area contributed by atoms with Crippen LogP contribution >= 0.6 is 11.3 Å². The van der Waals surface area contributed by atoms with Gasteiger partial charge in [0, 0.05) is 24.2 Å². The summed E-state index contributed by atoms with van der Waals surface area (Å²) in [4.78, 5) is 19.6. The van der Waals surface area contributed by atoms with Crippen molar-refractivity contribution in [2.45, 2.75) is 26.1 Å². The van der Waals surface area contributed by atoms with Crippen LogP contribution in [0.3, 0.4) is 0 Å². The van der Waals surface area contributed by atoms with E-state index in [1.807, 2.05) is 19.9 Å². The number of rotatable bonds is 1. The van der Waals surface area contributed by atoms with Crippen molar-refractivity contribution < 1.29 is 15.0 Å². The molecule has 3 rings (SSSR count). The fourth-order valence-electron chi connectivity index (χ4n) is 2.71. The maximum Gasteiger partial charge on any atom is 0.266 e. The van der Waals surface area contributed by atoms with E-state index in [9.17, 15) is 15.0 Å². The van der Waals surface area contributed by atoms with Crippen LogP contribution in [0.1, 0.15) is 20.9 Å². The molecule has 1 amide bonds. The molecule has 21 heavy (non-hydrogen) atoms. The number of carbonyl (C=O) groups is 1. The number of hydrogen-bond donors (Lipinski definition) is 3. The van der Waals surface area contributed by atoms with Gasteiger partial charge in [-0.15, -0.1) is 11.3 Å². The molecule has 2 unspecified atom stereocenters. The zero-order valence-corrected chi connectivity index (χ0v) is 12.6. The van der Waals surface area contributed by atoms with Crippen molar-refractivity contribution >= 4 is 33.1 Å². The highest BCUT2D eigenvalue weighted by Crippen LogP contribution is 2.36. The highest BCUT2D eigenvalue weighted by molar-refractivity contribution is 7.21. The lowest BCUT2D eigenvalue weighted by Crippen LogP contribution is -2.29. The normalized spacial score (nSPS) is 22.2. The second-order valence-corrected chi connectivity index (χ2v) is 6.45. The van der Waals surface area contributed by atoms with Gasteiger partial charge >= 0.3 is 0 Å². The van der Waals surface area contributed by atoms with E-state index in [0.29, 0.717) is 10.6 Å². The number of hydrogen-bond acceptors (Lipinski definition) is 6. The predicted octanol–water partition coefficient (Wildman–Crippen LogP) is 0.673. The van der Waals surface area contributed by atoms with E-state index >= 15 is 0 Å². The minimum Gasteiger partial charge on any atom is -0.397 e. The smallest absolute Gasteiger partial charge is 0.266 e. The number of amides is 1. The van der Waals surface area contributed by atoms with Gasteiger partial charge in [-0.1, -0.05) is 0 Å². The van der Waals surface area contributed by atoms with Gasteiger partial charge in [0.2, 0.25) is 0 Å². The summed E-state index contributed by atoms with van der Waals surface area (Å²) >= 11 is 1.26. The number of nitrogen functional groups attached to an aromatic ring is 1. The van der Waals surface area contributed by atoms with Crippen LogP contribution in [0.25, 0.3) is 10.2 Å². The molecule has 2 aromatic heterocycles. The minimum atomic E-state index is -0.897. The van der Waals surface area contributed by atoms with E-state index in [0.717, 1.165) is 21.5 Å². The Morgan fingerprint density at radius 1 is 1.38 bits per heavy atom. The molecule has 1 saturated heterocycles. The summed E-state index contributed by atoms with van der Waals surface area (Å²) in [5, 5.41) is 20.0. The van der Waals surface area contributed by atoms with Gasteiger partial charge in [-0.3, -0.25) is 4.79 Å². The lowest BCUT2D eigenvalue weighted by atomic mass is 10.1. The number of nitrogens with two attached hydrogens (primary N) is 1. The molecule has 4 N–H and O–H groups in total. The van der Waals surface area contributed by atoms with E-state index in [2.05, 4.69) is 4.98 Å². The van der Waals surface area contributed by atoms with Gasteiger partial charge in [-0.05, 0) is 25.5 Å². The Hall–Kier alpha value is -1.70. The number of aromatic nitrogens is 1. The van der Waals surface area contributed by atoms with E-state index < -0.39 is 12.2 Å². The van der Waals surface area contributed by atoms with Crippen LogP contribution in [0.5, 0.6) is 0 Å². The summed E-state index contributed by atoms with van der Waals surface area (Å²) in [5.74, 6) is -0.261. The van der Waals surface area contributed by atoms with Crippen LogP contribution in [-0.4, -0.2) is 51.3 Å². The van der Waals surface area contributed by atoms with Crippen molar-refractivity contribution in [3.63, 3.8) is 0 Å². The molecule has 112 valence electrons. The Labute approximate surface area is 125 Å². The van der Waals surface area contributed by atoms with E-state index in [-0.39, 0.29) is 19.0 Å². The van der Waals surface area contributed by atoms with Crippen LogP contribution in [0, 0.1) is 13.8 Å². The topological polar surface area (TPSA) is 99.7 Å². The number of anilines is 1. The molecule has 0 spiro atoms. The number of thiophene rings is 1. The standard InChI is InChI=1S/C14H17N3O3S/c1-6-3-7(2)16-13-10(6)11(15)12(21-13)14(20)17-4-8(18)9(19)5-17/h3,8-9,18-19H,4-5,15H2,1-2H3. The maximum absolute atomic E-state index is 12.5. The molecular weight excluding hydrogens is 290 g/mol. The molecule has 1 fully saturated rings. The molecule has 0 saturated carbocycles. The summed E-state index contributed by atoms with van der Waals surface area (Å²) in [5.41, 5.74) is 8.43. The van der Waals surface area contributed by atoms with Crippen LogP contribution in [0.15, 0.2) is 6.07 Å². The molecule has 3 heterocycles. The van der Waals surface area contributed by atoms with Crippen LogP contribution in [0.4, 0.5) is 5.69 Å². The Balaban J connectivity index is 2.03. The van der Waals surface area contributed by atoms with Crippen molar-refractivity contribution in [3.8, 4) is 0 Å². The third-order valence-corrected chi connectivity index (χ3v) is 4.85. The first kappa shape index (κ1) is 14.2. The quantitative estimate of drug-likeness (QED) is 0.719. The van der Waals surface area contributed by atoms with Crippen LogP contribution in [0.2, 0.25) is 0 Å². The molecule has 2 atom stereocenters. The number of carbonyl (C=O) groups excluding carboxylic acids is 1. The van der Waals surface area contributed by atoms with Crippen LogP contribution in [-0.2, 0) is 0 Å². The van der Waals surface area contributed by atoms with Gasteiger partial charge in [0.1, 0.15) is 9.71 Å². The molecule has 0 aromatic carbocycles. The maximum atomic E-state index is 12.5.